The van der Waals surface area contributed by atoms with Crippen LogP contribution in [0.1, 0.15) is 30.7 Å². The van der Waals surface area contributed by atoms with Crippen molar-refractivity contribution >= 4 is 5.91 Å². The average molecular weight is 358 g/mol. The normalized spacial score (nSPS) is 15.4. The van der Waals surface area contributed by atoms with Crippen LogP contribution in [-0.4, -0.2) is 39.0 Å². The summed E-state index contributed by atoms with van der Waals surface area (Å²) < 4.78 is 13.7. The van der Waals surface area contributed by atoms with E-state index in [1.165, 1.54) is 4.68 Å². The fourth-order valence-electron chi connectivity index (χ4n) is 3.38. The Hall–Kier alpha value is -2.77. The van der Waals surface area contributed by atoms with Crippen molar-refractivity contribution in [3.05, 3.63) is 40.1 Å². The van der Waals surface area contributed by atoms with Crippen LogP contribution in [0.2, 0.25) is 0 Å². The van der Waals surface area contributed by atoms with Gasteiger partial charge in [-0.3, -0.25) is 9.36 Å². The number of likely N-dealkylation sites (N-methyl/N-ethyl adjacent to an activating group) is 1. The van der Waals surface area contributed by atoms with E-state index in [-0.39, 0.29) is 24.9 Å². The molecule has 2 aliphatic heterocycles. The predicted octanol–water partition coefficient (Wildman–Crippen LogP) is 1.16. The topological polar surface area (TPSA) is 78.6 Å². The van der Waals surface area contributed by atoms with Gasteiger partial charge < -0.3 is 14.4 Å². The Kier molecular flexibility index (Phi) is 4.40. The standard InChI is InChI=1S/C18H22N4O4/c1-20(10-13-6-7-14-15(9-13)26-12-25-14)17(23)11-22-18(24)21-8-4-2-3-5-16(21)19-22/h6-7,9H,2-5,8,10-12H2,1H3. The van der Waals surface area contributed by atoms with E-state index in [0.717, 1.165) is 37.1 Å². The predicted molar refractivity (Wildman–Crippen MR) is 93.1 cm³/mol. The fraction of sp³-hybridized carbons (Fsp3) is 0.500. The van der Waals surface area contributed by atoms with Gasteiger partial charge in [0.25, 0.3) is 0 Å². The van der Waals surface area contributed by atoms with Gasteiger partial charge in [-0.1, -0.05) is 12.5 Å². The molecule has 8 heteroatoms. The van der Waals surface area contributed by atoms with Crippen LogP contribution in [-0.2, 0) is 30.8 Å². The second kappa shape index (κ2) is 6.86. The maximum Gasteiger partial charge on any atom is 0.346 e. The van der Waals surface area contributed by atoms with Crippen LogP contribution in [0.3, 0.4) is 0 Å². The lowest BCUT2D eigenvalue weighted by Gasteiger charge is -2.17. The molecular weight excluding hydrogens is 336 g/mol. The van der Waals surface area contributed by atoms with Crippen molar-refractivity contribution in [3.63, 3.8) is 0 Å². The molecule has 1 amide bonds. The summed E-state index contributed by atoms with van der Waals surface area (Å²) in [6, 6.07) is 5.62. The summed E-state index contributed by atoms with van der Waals surface area (Å²) in [5.41, 5.74) is 0.754. The van der Waals surface area contributed by atoms with Gasteiger partial charge in [0.1, 0.15) is 12.4 Å². The molecule has 0 spiro atoms. The monoisotopic (exact) mass is 358 g/mol. The van der Waals surface area contributed by atoms with Crippen LogP contribution in [0.4, 0.5) is 0 Å². The van der Waals surface area contributed by atoms with Crippen LogP contribution in [0.25, 0.3) is 0 Å². The molecule has 138 valence electrons. The number of carbonyl (C=O) groups is 1. The first kappa shape index (κ1) is 16.7. The molecule has 0 atom stereocenters. The van der Waals surface area contributed by atoms with Crippen molar-refractivity contribution in [1.29, 1.82) is 0 Å². The number of hydrogen-bond donors (Lipinski definition) is 0. The minimum absolute atomic E-state index is 0.0418. The average Bonchev–Trinajstić information content (AvgIpc) is 3.12. The third-order valence-electron chi connectivity index (χ3n) is 4.85. The highest BCUT2D eigenvalue weighted by molar-refractivity contribution is 5.75. The lowest BCUT2D eigenvalue weighted by Crippen LogP contribution is -2.34. The van der Waals surface area contributed by atoms with Gasteiger partial charge in [-0.25, -0.2) is 9.48 Å². The van der Waals surface area contributed by atoms with Crippen LogP contribution in [0, 0.1) is 0 Å². The molecule has 0 saturated carbocycles. The molecule has 0 fully saturated rings. The lowest BCUT2D eigenvalue weighted by molar-refractivity contribution is -0.131. The molecule has 2 aliphatic rings. The first-order valence-corrected chi connectivity index (χ1v) is 8.91. The van der Waals surface area contributed by atoms with Gasteiger partial charge in [0.15, 0.2) is 11.5 Å². The molecule has 4 rings (SSSR count). The molecule has 0 saturated heterocycles. The number of hydrogen-bond acceptors (Lipinski definition) is 5. The first-order chi connectivity index (χ1) is 12.6. The molecule has 0 bridgehead atoms. The van der Waals surface area contributed by atoms with Crippen molar-refractivity contribution in [3.8, 4) is 11.5 Å². The number of aromatic nitrogens is 3. The van der Waals surface area contributed by atoms with E-state index >= 15 is 0 Å². The molecule has 8 nitrogen and oxygen atoms in total. The summed E-state index contributed by atoms with van der Waals surface area (Å²) in [6.07, 6.45) is 3.93. The Morgan fingerprint density at radius 2 is 2.08 bits per heavy atom. The molecule has 26 heavy (non-hydrogen) atoms. The zero-order chi connectivity index (χ0) is 18.1. The third kappa shape index (κ3) is 3.18. The highest BCUT2D eigenvalue weighted by Gasteiger charge is 2.19. The molecule has 2 aromatic rings. The Labute approximate surface area is 150 Å². The van der Waals surface area contributed by atoms with Crippen molar-refractivity contribution in [2.24, 2.45) is 0 Å². The Morgan fingerprint density at radius 1 is 1.23 bits per heavy atom. The minimum atomic E-state index is -0.188. The molecule has 0 radical (unpaired) electrons. The first-order valence-electron chi connectivity index (χ1n) is 8.91. The van der Waals surface area contributed by atoms with E-state index in [1.54, 1.807) is 16.5 Å². The maximum absolute atomic E-state index is 12.5. The zero-order valence-corrected chi connectivity index (χ0v) is 14.8. The number of aryl methyl sites for hydroxylation is 1. The van der Waals surface area contributed by atoms with Gasteiger partial charge in [-0.2, -0.15) is 5.10 Å². The number of ether oxygens (including phenoxy) is 2. The summed E-state index contributed by atoms with van der Waals surface area (Å²) >= 11 is 0. The summed E-state index contributed by atoms with van der Waals surface area (Å²) in [5, 5.41) is 4.37. The van der Waals surface area contributed by atoms with Gasteiger partial charge in [-0.15, -0.1) is 0 Å². The van der Waals surface area contributed by atoms with Gasteiger partial charge in [0, 0.05) is 26.6 Å². The smallest absolute Gasteiger partial charge is 0.346 e. The quantitative estimate of drug-likeness (QED) is 0.819. The second-order valence-electron chi connectivity index (χ2n) is 6.76. The molecular formula is C18H22N4O4. The summed E-state index contributed by atoms with van der Waals surface area (Å²) in [5.74, 6) is 2.04. The zero-order valence-electron chi connectivity index (χ0n) is 14.8. The molecule has 1 aromatic heterocycles. The van der Waals surface area contributed by atoms with E-state index in [4.69, 9.17) is 9.47 Å². The van der Waals surface area contributed by atoms with Crippen LogP contribution in [0.15, 0.2) is 23.0 Å². The van der Waals surface area contributed by atoms with Crippen molar-refractivity contribution in [2.75, 3.05) is 13.8 Å². The fourth-order valence-corrected chi connectivity index (χ4v) is 3.38. The Morgan fingerprint density at radius 3 is 2.96 bits per heavy atom. The lowest BCUT2D eigenvalue weighted by atomic mass is 10.2. The number of carbonyl (C=O) groups excluding carboxylic acids is 1. The van der Waals surface area contributed by atoms with Gasteiger partial charge in [0.2, 0.25) is 12.7 Å². The van der Waals surface area contributed by atoms with E-state index in [9.17, 15) is 9.59 Å². The highest BCUT2D eigenvalue weighted by Crippen LogP contribution is 2.32. The summed E-state index contributed by atoms with van der Waals surface area (Å²) in [7, 11) is 1.72. The number of fused-ring (bicyclic) bond motifs is 2. The van der Waals surface area contributed by atoms with Crippen LogP contribution >= 0.6 is 0 Å². The number of rotatable bonds is 4. The van der Waals surface area contributed by atoms with Crippen molar-refractivity contribution in [1.82, 2.24) is 19.2 Å². The van der Waals surface area contributed by atoms with E-state index in [0.29, 0.717) is 24.6 Å². The number of amides is 1. The number of nitrogens with zero attached hydrogens (tertiary/aromatic N) is 4. The largest absolute Gasteiger partial charge is 0.454 e. The Bertz CT molecular complexity index is 886. The van der Waals surface area contributed by atoms with E-state index in [2.05, 4.69) is 5.10 Å². The van der Waals surface area contributed by atoms with E-state index in [1.807, 2.05) is 18.2 Å². The van der Waals surface area contributed by atoms with E-state index < -0.39 is 0 Å². The van der Waals surface area contributed by atoms with Crippen molar-refractivity contribution in [2.45, 2.75) is 45.3 Å². The van der Waals surface area contributed by atoms with Gasteiger partial charge in [0.05, 0.1) is 0 Å². The molecule has 0 N–H and O–H groups in total. The third-order valence-corrected chi connectivity index (χ3v) is 4.85. The highest BCUT2D eigenvalue weighted by atomic mass is 16.7. The molecule has 0 aliphatic carbocycles. The Balaban J connectivity index is 1.44. The van der Waals surface area contributed by atoms with Crippen LogP contribution in [0.5, 0.6) is 11.5 Å². The van der Waals surface area contributed by atoms with Crippen LogP contribution < -0.4 is 15.2 Å². The summed E-state index contributed by atoms with van der Waals surface area (Å²) in [6.45, 7) is 1.30. The summed E-state index contributed by atoms with van der Waals surface area (Å²) in [4.78, 5) is 26.6. The molecule has 0 unspecified atom stereocenters. The van der Waals surface area contributed by atoms with Gasteiger partial charge >= 0.3 is 5.69 Å². The second-order valence-corrected chi connectivity index (χ2v) is 6.76. The molecule has 3 heterocycles. The van der Waals surface area contributed by atoms with Gasteiger partial charge in [-0.05, 0) is 30.5 Å². The minimum Gasteiger partial charge on any atom is -0.454 e. The SMILES string of the molecule is CN(Cc1ccc2c(c1)OCO2)C(=O)Cn1nc2n(c1=O)CCCCC2. The molecule has 1 aromatic carbocycles. The maximum atomic E-state index is 12.5. The number of benzene rings is 1. The van der Waals surface area contributed by atoms with Crippen molar-refractivity contribution < 1.29 is 14.3 Å².